The fourth-order valence-electron chi connectivity index (χ4n) is 0.947. The van der Waals surface area contributed by atoms with Gasteiger partial charge in [-0.15, -0.1) is 0 Å². The molecule has 0 aromatic heterocycles. The maximum absolute atomic E-state index is 11.2. The third kappa shape index (κ3) is 10.0. The monoisotopic (exact) mass is 290 g/mol. The van der Waals surface area contributed by atoms with Gasteiger partial charge in [-0.1, -0.05) is 6.58 Å². The Kier molecular flexibility index (Phi) is 9.89. The summed E-state index contributed by atoms with van der Waals surface area (Å²) in [6, 6.07) is 0. The van der Waals surface area contributed by atoms with Crippen LogP contribution in [0.3, 0.4) is 0 Å². The van der Waals surface area contributed by atoms with Crippen molar-refractivity contribution >= 4 is 17.9 Å². The number of aliphatic hydroxyl groups is 2. The summed E-state index contributed by atoms with van der Waals surface area (Å²) in [6.07, 6.45) is -0.545. The van der Waals surface area contributed by atoms with Crippen molar-refractivity contribution in [2.75, 3.05) is 26.4 Å². The van der Waals surface area contributed by atoms with E-state index in [1.807, 2.05) is 0 Å². The van der Waals surface area contributed by atoms with Gasteiger partial charge in [0.05, 0.1) is 19.4 Å². The first-order valence-electron chi connectivity index (χ1n) is 5.89. The second-order valence-corrected chi connectivity index (χ2v) is 3.61. The van der Waals surface area contributed by atoms with Crippen molar-refractivity contribution in [3.8, 4) is 0 Å². The normalized spacial score (nSPS) is 11.3. The predicted octanol–water partition coefficient (Wildman–Crippen LogP) is -1.06. The fraction of sp³-hybridized carbons (Fsp3) is 0.583. The lowest BCUT2D eigenvalue weighted by Gasteiger charge is -2.08. The number of carbonyl (C=O) groups excluding carboxylic acids is 3. The van der Waals surface area contributed by atoms with E-state index in [9.17, 15) is 14.4 Å². The number of hydrogen-bond acceptors (Lipinski definition) is 8. The van der Waals surface area contributed by atoms with Gasteiger partial charge in [0.15, 0.2) is 0 Å². The first-order chi connectivity index (χ1) is 9.49. The van der Waals surface area contributed by atoms with Crippen LogP contribution >= 0.6 is 0 Å². The van der Waals surface area contributed by atoms with Gasteiger partial charge >= 0.3 is 17.9 Å². The summed E-state index contributed by atoms with van der Waals surface area (Å²) in [7, 11) is 0. The van der Waals surface area contributed by atoms with Crippen LogP contribution in [0.25, 0.3) is 0 Å². The highest BCUT2D eigenvalue weighted by atomic mass is 16.6. The molecule has 1 atom stereocenters. The van der Waals surface area contributed by atoms with Crippen LogP contribution in [0.1, 0.15) is 12.8 Å². The van der Waals surface area contributed by atoms with E-state index in [4.69, 9.17) is 10.2 Å². The number of aliphatic hydroxyl groups excluding tert-OH is 2. The molecular formula is C12H18O8. The van der Waals surface area contributed by atoms with Crippen LogP contribution in [0.15, 0.2) is 12.7 Å². The van der Waals surface area contributed by atoms with Gasteiger partial charge in [0.1, 0.15) is 25.9 Å². The molecule has 0 radical (unpaired) electrons. The molecule has 0 rings (SSSR count). The quantitative estimate of drug-likeness (QED) is 0.226. The van der Waals surface area contributed by atoms with Crippen molar-refractivity contribution in [3.63, 3.8) is 0 Å². The van der Waals surface area contributed by atoms with Crippen LogP contribution in [0.2, 0.25) is 0 Å². The summed E-state index contributed by atoms with van der Waals surface area (Å²) < 4.78 is 13.8. The lowest BCUT2D eigenvalue weighted by Crippen LogP contribution is -2.22. The molecular weight excluding hydrogens is 272 g/mol. The zero-order chi connectivity index (χ0) is 15.4. The molecule has 2 N–H and O–H groups in total. The summed E-state index contributed by atoms with van der Waals surface area (Å²) >= 11 is 0. The molecule has 1 unspecified atom stereocenters. The number of ether oxygens (including phenoxy) is 3. The third-order valence-corrected chi connectivity index (χ3v) is 1.94. The Morgan fingerprint density at radius 2 is 1.60 bits per heavy atom. The van der Waals surface area contributed by atoms with Gasteiger partial charge in [-0.3, -0.25) is 9.59 Å². The van der Waals surface area contributed by atoms with Crippen LogP contribution in [-0.2, 0) is 28.6 Å². The van der Waals surface area contributed by atoms with Crippen LogP contribution in [0.4, 0.5) is 0 Å². The van der Waals surface area contributed by atoms with Crippen LogP contribution in [-0.4, -0.2) is 60.7 Å². The fourth-order valence-corrected chi connectivity index (χ4v) is 0.947. The minimum Gasteiger partial charge on any atom is -0.463 e. The molecule has 0 saturated heterocycles. The summed E-state index contributed by atoms with van der Waals surface area (Å²) in [5.74, 6) is -1.95. The van der Waals surface area contributed by atoms with E-state index in [2.05, 4.69) is 20.8 Å². The van der Waals surface area contributed by atoms with E-state index in [0.717, 1.165) is 6.08 Å². The lowest BCUT2D eigenvalue weighted by atomic mass is 10.3. The van der Waals surface area contributed by atoms with E-state index in [1.165, 1.54) is 0 Å². The number of carbonyl (C=O) groups is 3. The zero-order valence-corrected chi connectivity index (χ0v) is 10.9. The van der Waals surface area contributed by atoms with E-state index in [1.54, 1.807) is 0 Å². The molecule has 0 heterocycles. The van der Waals surface area contributed by atoms with Gasteiger partial charge in [-0.2, -0.15) is 0 Å². The molecule has 0 amide bonds. The molecule has 0 aliphatic heterocycles. The van der Waals surface area contributed by atoms with Crippen LogP contribution in [0.5, 0.6) is 0 Å². The van der Waals surface area contributed by atoms with Gasteiger partial charge in [0.2, 0.25) is 0 Å². The Balaban J connectivity index is 3.59. The summed E-state index contributed by atoms with van der Waals surface area (Å²) in [5.41, 5.74) is 0. The first kappa shape index (κ1) is 18.1. The maximum atomic E-state index is 11.2. The van der Waals surface area contributed by atoms with Crippen molar-refractivity contribution in [1.29, 1.82) is 0 Å². The average Bonchev–Trinajstić information content (AvgIpc) is 2.46. The molecule has 0 spiro atoms. The summed E-state index contributed by atoms with van der Waals surface area (Å²) in [5, 5.41) is 17.4. The molecule has 8 heteroatoms. The number of esters is 3. The summed E-state index contributed by atoms with van der Waals surface area (Å²) in [4.78, 5) is 32.9. The highest BCUT2D eigenvalue weighted by Crippen LogP contribution is 1.97. The van der Waals surface area contributed by atoms with Gasteiger partial charge in [0, 0.05) is 6.08 Å². The molecule has 0 aromatic carbocycles. The van der Waals surface area contributed by atoms with Gasteiger partial charge in [-0.05, 0) is 0 Å². The Morgan fingerprint density at radius 3 is 2.15 bits per heavy atom. The van der Waals surface area contributed by atoms with E-state index >= 15 is 0 Å². The Morgan fingerprint density at radius 1 is 1.05 bits per heavy atom. The highest BCUT2D eigenvalue weighted by Gasteiger charge is 2.11. The second kappa shape index (κ2) is 10.9. The molecule has 0 aliphatic carbocycles. The predicted molar refractivity (Wildman–Crippen MR) is 65.4 cm³/mol. The summed E-state index contributed by atoms with van der Waals surface area (Å²) in [6.45, 7) is 2.14. The average molecular weight is 290 g/mol. The molecule has 0 bridgehead atoms. The molecule has 114 valence electrons. The number of hydrogen-bond donors (Lipinski definition) is 2. The molecule has 0 saturated carbocycles. The zero-order valence-electron chi connectivity index (χ0n) is 10.9. The molecule has 20 heavy (non-hydrogen) atoms. The largest absolute Gasteiger partial charge is 0.463 e. The van der Waals surface area contributed by atoms with Crippen LogP contribution in [0, 0.1) is 0 Å². The minimum atomic E-state index is -1.13. The van der Waals surface area contributed by atoms with Gasteiger partial charge in [0.25, 0.3) is 0 Å². The lowest BCUT2D eigenvalue weighted by molar-refractivity contribution is -0.154. The van der Waals surface area contributed by atoms with Crippen LogP contribution < -0.4 is 0 Å². The Hall–Kier alpha value is -1.93. The second-order valence-electron chi connectivity index (χ2n) is 3.61. The van der Waals surface area contributed by atoms with Crippen molar-refractivity contribution < 1.29 is 38.8 Å². The standard InChI is InChI=1S/C12H18O8/c1-2-10(15)18-5-6-19-11(16)3-4-12(17)20-8-9(14)7-13/h2,9,13-14H,1,3-8H2. The van der Waals surface area contributed by atoms with E-state index in [0.29, 0.717) is 0 Å². The molecule has 8 nitrogen and oxygen atoms in total. The Bertz CT molecular complexity index is 338. The minimum absolute atomic E-state index is 0.0935. The first-order valence-corrected chi connectivity index (χ1v) is 5.89. The topological polar surface area (TPSA) is 119 Å². The Labute approximate surface area is 115 Å². The maximum Gasteiger partial charge on any atom is 0.330 e. The smallest absolute Gasteiger partial charge is 0.330 e. The SMILES string of the molecule is C=CC(=O)OCCOC(=O)CCC(=O)OCC(O)CO. The van der Waals surface area contributed by atoms with Gasteiger partial charge in [-0.25, -0.2) is 4.79 Å². The van der Waals surface area contributed by atoms with Crippen molar-refractivity contribution in [3.05, 3.63) is 12.7 Å². The molecule has 0 fully saturated rings. The van der Waals surface area contributed by atoms with E-state index < -0.39 is 30.6 Å². The highest BCUT2D eigenvalue weighted by molar-refractivity contribution is 5.81. The van der Waals surface area contributed by atoms with Crippen molar-refractivity contribution in [1.82, 2.24) is 0 Å². The molecule has 0 aromatic rings. The number of rotatable bonds is 10. The van der Waals surface area contributed by atoms with Gasteiger partial charge < -0.3 is 24.4 Å². The van der Waals surface area contributed by atoms with E-state index in [-0.39, 0.29) is 32.7 Å². The van der Waals surface area contributed by atoms with Crippen molar-refractivity contribution in [2.45, 2.75) is 18.9 Å². The molecule has 0 aliphatic rings. The third-order valence-electron chi connectivity index (χ3n) is 1.94. The van der Waals surface area contributed by atoms with Crippen molar-refractivity contribution in [2.24, 2.45) is 0 Å².